The fourth-order valence-corrected chi connectivity index (χ4v) is 8.97. The molecule has 0 aliphatic carbocycles. The third kappa shape index (κ3) is 37.2. The fourth-order valence-electron chi connectivity index (χ4n) is 7.85. The summed E-state index contributed by atoms with van der Waals surface area (Å²) in [4.78, 5) is 41.2. The van der Waals surface area contributed by atoms with Gasteiger partial charge in [0.2, 0.25) is 0 Å². The SMILES string of the molecule is BrCc1ccccc1.C.C=CC(=O)OCC.CCOC(=O)/C=C/c1ccc(OCc2ccccc2)cc1CN(C)C.CCOC(=O)CCc1ccc(O)cc1CN(C)C.CN(C)Cc1cc(O)ccc1Br.CN(C)Cc1cc(OCc2ccccc2)ccc1Br.[HH]. The molecule has 2 N–H and O–H groups in total. The zero-order valence-corrected chi connectivity index (χ0v) is 58.4. The van der Waals surface area contributed by atoms with E-state index in [1.54, 1.807) is 51.1 Å². The molecule has 17 heteroatoms. The van der Waals surface area contributed by atoms with Crippen molar-refractivity contribution in [2.75, 3.05) is 76.2 Å². The molecule has 0 aliphatic rings. The van der Waals surface area contributed by atoms with Gasteiger partial charge in [0, 0.05) is 60.5 Å². The predicted molar refractivity (Wildman–Crippen MR) is 381 cm³/mol. The van der Waals surface area contributed by atoms with Crippen LogP contribution >= 0.6 is 47.8 Å². The molecule has 490 valence electrons. The first-order valence-electron chi connectivity index (χ1n) is 29.1. The van der Waals surface area contributed by atoms with E-state index in [1.165, 1.54) is 22.8 Å². The number of benzene rings is 7. The highest BCUT2D eigenvalue weighted by Crippen LogP contribution is 2.26. The summed E-state index contributed by atoms with van der Waals surface area (Å²) in [6, 6.07) is 53.1. The molecule has 7 aromatic rings. The third-order valence-electron chi connectivity index (χ3n) is 11.8. The van der Waals surface area contributed by atoms with Crippen LogP contribution in [0.15, 0.2) is 191 Å². The molecule has 0 heterocycles. The third-order valence-corrected chi connectivity index (χ3v) is 14.0. The first-order valence-corrected chi connectivity index (χ1v) is 31.8. The highest BCUT2D eigenvalue weighted by Gasteiger charge is 2.10. The lowest BCUT2D eigenvalue weighted by molar-refractivity contribution is -0.143. The number of phenols is 2. The van der Waals surface area contributed by atoms with E-state index in [-0.39, 0.29) is 32.5 Å². The van der Waals surface area contributed by atoms with Gasteiger partial charge in [-0.15, -0.1) is 0 Å². The lowest BCUT2D eigenvalue weighted by atomic mass is 10.0. The fraction of sp³-hybridized carbons (Fsp3) is 0.329. The van der Waals surface area contributed by atoms with Crippen molar-refractivity contribution in [1.82, 2.24) is 19.6 Å². The highest BCUT2D eigenvalue weighted by atomic mass is 79.9. The molecule has 0 unspecified atom stereocenters. The second kappa shape index (κ2) is 47.8. The smallest absolute Gasteiger partial charge is 0.330 e. The molecule has 0 atom stereocenters. The molecule has 0 amide bonds. The van der Waals surface area contributed by atoms with E-state index < -0.39 is 0 Å². The molecule has 90 heavy (non-hydrogen) atoms. The molecule has 0 bridgehead atoms. The topological polar surface area (TPSA) is 151 Å². The Hall–Kier alpha value is -7.09. The molecule has 0 aliphatic heterocycles. The van der Waals surface area contributed by atoms with Gasteiger partial charge in [-0.1, -0.05) is 165 Å². The number of hydrogen-bond acceptors (Lipinski definition) is 14. The molecule has 14 nitrogen and oxygen atoms in total. The van der Waals surface area contributed by atoms with Crippen LogP contribution in [0, 0.1) is 0 Å². The van der Waals surface area contributed by atoms with E-state index in [9.17, 15) is 24.6 Å². The Kier molecular flexibility index (Phi) is 43.0. The Morgan fingerprint density at radius 2 is 0.889 bits per heavy atom. The van der Waals surface area contributed by atoms with E-state index in [0.29, 0.717) is 51.6 Å². The number of rotatable bonds is 24. The number of phenolic OH excluding ortho intramolecular Hbond substituents is 2. The van der Waals surface area contributed by atoms with Gasteiger partial charge in [0.05, 0.1) is 19.8 Å². The minimum Gasteiger partial charge on any atom is -0.508 e. The molecule has 7 aromatic carbocycles. The van der Waals surface area contributed by atoms with Crippen molar-refractivity contribution in [3.63, 3.8) is 0 Å². The monoisotopic (exact) mass is 1430 g/mol. The second-order valence-electron chi connectivity index (χ2n) is 20.8. The number of aromatic hydroxyl groups is 2. The van der Waals surface area contributed by atoms with Crippen molar-refractivity contribution < 1.29 is 49.7 Å². The number of alkyl halides is 1. The average Bonchev–Trinajstić information content (AvgIpc) is 2.40. The summed E-state index contributed by atoms with van der Waals surface area (Å²) < 4.78 is 28.2. The number of halogens is 3. The van der Waals surface area contributed by atoms with E-state index in [1.807, 2.05) is 156 Å². The zero-order chi connectivity index (χ0) is 65.9. The van der Waals surface area contributed by atoms with Crippen LogP contribution in [0.4, 0.5) is 0 Å². The second-order valence-corrected chi connectivity index (χ2v) is 23.1. The van der Waals surface area contributed by atoms with E-state index >= 15 is 0 Å². The lowest BCUT2D eigenvalue weighted by Crippen LogP contribution is -2.13. The quantitative estimate of drug-likeness (QED) is 0.0256. The minimum absolute atomic E-state index is 0. The molecular weight excluding hydrogens is 1330 g/mol. The van der Waals surface area contributed by atoms with E-state index in [4.69, 9.17) is 18.9 Å². The van der Waals surface area contributed by atoms with Crippen molar-refractivity contribution in [2.24, 2.45) is 0 Å². The molecule has 0 radical (unpaired) electrons. The van der Waals surface area contributed by atoms with Gasteiger partial charge in [-0.05, 0) is 200 Å². The van der Waals surface area contributed by atoms with Crippen LogP contribution in [0.25, 0.3) is 6.08 Å². The van der Waals surface area contributed by atoms with Crippen LogP contribution < -0.4 is 9.47 Å². The molecular formula is C73H97Br3N4O10. The van der Waals surface area contributed by atoms with Crippen molar-refractivity contribution in [1.29, 1.82) is 0 Å². The van der Waals surface area contributed by atoms with Crippen molar-refractivity contribution in [2.45, 2.75) is 85.8 Å². The van der Waals surface area contributed by atoms with Gasteiger partial charge in [0.15, 0.2) is 0 Å². The van der Waals surface area contributed by atoms with E-state index in [2.05, 4.69) is 118 Å². The van der Waals surface area contributed by atoms with Gasteiger partial charge in [0.25, 0.3) is 0 Å². The average molecular weight is 1430 g/mol. The predicted octanol–water partition coefficient (Wildman–Crippen LogP) is 16.4. The number of carbonyl (C=O) groups is 3. The van der Waals surface area contributed by atoms with Gasteiger partial charge in [-0.25, -0.2) is 9.59 Å². The summed E-state index contributed by atoms with van der Waals surface area (Å²) in [7, 11) is 16.1. The molecule has 0 saturated carbocycles. The number of hydrogen-bond donors (Lipinski definition) is 2. The largest absolute Gasteiger partial charge is 0.508 e. The summed E-state index contributed by atoms with van der Waals surface area (Å²) in [6.07, 6.45) is 5.41. The van der Waals surface area contributed by atoms with Crippen LogP contribution in [0.5, 0.6) is 23.0 Å². The summed E-state index contributed by atoms with van der Waals surface area (Å²) in [5.74, 6) is 1.42. The first kappa shape index (κ1) is 80.9. The summed E-state index contributed by atoms with van der Waals surface area (Å²) in [5.41, 5.74) is 10.2. The molecule has 0 aromatic heterocycles. The Balaban J connectivity index is 0.00000111. The zero-order valence-electron chi connectivity index (χ0n) is 53.6. The van der Waals surface area contributed by atoms with Gasteiger partial charge in [-0.3, -0.25) is 4.79 Å². The number of ether oxygens (including phenoxy) is 5. The lowest BCUT2D eigenvalue weighted by Gasteiger charge is -2.15. The number of aryl methyl sites for hydroxylation is 1. The normalized spacial score (nSPS) is 10.3. The highest BCUT2D eigenvalue weighted by molar-refractivity contribution is 9.10. The Bertz CT molecular complexity index is 3160. The molecule has 7 rings (SSSR count). The van der Waals surface area contributed by atoms with Crippen LogP contribution in [0.1, 0.15) is 86.1 Å². The first-order chi connectivity index (χ1) is 42.6. The summed E-state index contributed by atoms with van der Waals surface area (Å²) in [5, 5.41) is 19.7. The van der Waals surface area contributed by atoms with E-state index in [0.717, 1.165) is 91.4 Å². The Morgan fingerprint density at radius 3 is 1.33 bits per heavy atom. The minimum atomic E-state index is -0.359. The van der Waals surface area contributed by atoms with Crippen molar-refractivity contribution in [3.05, 3.63) is 242 Å². The van der Waals surface area contributed by atoms with Crippen molar-refractivity contribution >= 4 is 71.8 Å². The van der Waals surface area contributed by atoms with Crippen molar-refractivity contribution in [3.8, 4) is 23.0 Å². The number of carbonyl (C=O) groups excluding carboxylic acids is 3. The number of esters is 3. The Morgan fingerprint density at radius 1 is 0.489 bits per heavy atom. The Labute approximate surface area is 564 Å². The van der Waals surface area contributed by atoms with Crippen LogP contribution in [0.3, 0.4) is 0 Å². The van der Waals surface area contributed by atoms with Gasteiger partial charge >= 0.3 is 17.9 Å². The van der Waals surface area contributed by atoms with Crippen LogP contribution in [0.2, 0.25) is 0 Å². The summed E-state index contributed by atoms with van der Waals surface area (Å²) in [6.45, 7) is 14.1. The maximum Gasteiger partial charge on any atom is 0.330 e. The summed E-state index contributed by atoms with van der Waals surface area (Å²) >= 11 is 10.4. The molecule has 0 saturated heterocycles. The number of nitrogens with zero attached hydrogens (tertiary/aromatic N) is 4. The van der Waals surface area contributed by atoms with Gasteiger partial charge in [0.1, 0.15) is 36.2 Å². The standard InChI is InChI=1S/C21H25NO3.C16H18BrNO.C14H21NO3.C9H12BrNO.C7H7Br.C5H8O2.CH4.H2/c1-4-24-21(23)13-11-18-10-12-20(14-19(18)15-22(2)3)25-16-17-8-6-5-7-9-17;1-18(2)11-14-10-15(8-9-16(14)17)19-12-13-6-4-3-5-7-13;1-4-18-14(17)8-6-11-5-7-13(16)9-12(11)10-15(2)3;1-11(2)6-7-5-8(12)3-4-9(7)10;8-6-7-4-2-1-3-5-7;1-3-5(6)7-4-2;;/h5-14H,4,15-16H2,1-3H3;3-10H,11-12H2,1-2H3;5,7,9,16H,4,6,8,10H2,1-3H3;3-5,12H,6H2,1-2H3;1-5H,6H2;3H,1,4H2,2H3;1H4;1H/b13-11+;;;;;;;. The van der Waals surface area contributed by atoms with Gasteiger partial charge in [-0.2, -0.15) is 0 Å². The van der Waals surface area contributed by atoms with Crippen LogP contribution in [-0.4, -0.2) is 124 Å². The maximum atomic E-state index is 11.5. The van der Waals surface area contributed by atoms with Crippen LogP contribution in [-0.2, 0) is 79.7 Å². The van der Waals surface area contributed by atoms with Gasteiger partial charge < -0.3 is 53.5 Å². The molecule has 0 spiro atoms. The maximum absolute atomic E-state index is 11.5. The molecule has 0 fully saturated rings.